The van der Waals surface area contributed by atoms with Crippen molar-refractivity contribution < 1.29 is 13.9 Å². The Morgan fingerprint density at radius 3 is 2.92 bits per heavy atom. The number of halogens is 1. The van der Waals surface area contributed by atoms with E-state index in [4.69, 9.17) is 20.8 Å². The molecular formula is C20H19ClN2O3. The number of ketones is 1. The zero-order valence-electron chi connectivity index (χ0n) is 14.6. The molecule has 0 aliphatic carbocycles. The maximum atomic E-state index is 12.3. The Kier molecular flexibility index (Phi) is 5.58. The van der Waals surface area contributed by atoms with Crippen molar-refractivity contribution in [1.29, 1.82) is 0 Å². The van der Waals surface area contributed by atoms with Gasteiger partial charge in [0.25, 0.3) is 0 Å². The van der Waals surface area contributed by atoms with Crippen LogP contribution < -0.4 is 4.74 Å². The van der Waals surface area contributed by atoms with Crippen molar-refractivity contribution in [2.75, 3.05) is 0 Å². The van der Waals surface area contributed by atoms with Gasteiger partial charge in [0.2, 0.25) is 0 Å². The van der Waals surface area contributed by atoms with Crippen molar-refractivity contribution in [3.05, 3.63) is 76.5 Å². The Hall–Kier alpha value is -2.79. The minimum atomic E-state index is -0.102. The Morgan fingerprint density at radius 1 is 1.35 bits per heavy atom. The van der Waals surface area contributed by atoms with Crippen LogP contribution in [0, 0.1) is 6.92 Å². The smallest absolute Gasteiger partial charge is 0.189 e. The van der Waals surface area contributed by atoms with Crippen molar-refractivity contribution in [3.8, 4) is 5.75 Å². The van der Waals surface area contributed by atoms with Gasteiger partial charge in [-0.05, 0) is 56.3 Å². The van der Waals surface area contributed by atoms with Crippen LogP contribution in [-0.2, 0) is 13.2 Å². The molecule has 0 N–H and O–H groups in total. The minimum Gasteiger partial charge on any atom is -0.486 e. The van der Waals surface area contributed by atoms with Crippen LogP contribution in [0.25, 0.3) is 6.08 Å². The van der Waals surface area contributed by atoms with Gasteiger partial charge in [-0.25, -0.2) is 0 Å². The summed E-state index contributed by atoms with van der Waals surface area (Å²) < 4.78 is 13.0. The second-order valence-corrected chi connectivity index (χ2v) is 6.17. The summed E-state index contributed by atoms with van der Waals surface area (Å²) in [7, 11) is 0. The van der Waals surface area contributed by atoms with Gasteiger partial charge in [-0.3, -0.25) is 9.48 Å². The van der Waals surface area contributed by atoms with E-state index >= 15 is 0 Å². The van der Waals surface area contributed by atoms with Crippen molar-refractivity contribution in [3.63, 3.8) is 0 Å². The Bertz CT molecular complexity index is 940. The highest BCUT2D eigenvalue weighted by atomic mass is 35.5. The average Bonchev–Trinajstić information content (AvgIpc) is 3.24. The van der Waals surface area contributed by atoms with Gasteiger partial charge in [-0.15, -0.1) is 0 Å². The fraction of sp³-hybridized carbons (Fsp3) is 0.200. The molecule has 0 bridgehead atoms. The summed E-state index contributed by atoms with van der Waals surface area (Å²) in [6.45, 7) is 4.81. The van der Waals surface area contributed by atoms with E-state index < -0.39 is 0 Å². The van der Waals surface area contributed by atoms with Gasteiger partial charge in [0.1, 0.15) is 23.9 Å². The molecule has 2 heterocycles. The van der Waals surface area contributed by atoms with Crippen molar-refractivity contribution in [2.45, 2.75) is 27.0 Å². The van der Waals surface area contributed by atoms with Crippen molar-refractivity contribution in [1.82, 2.24) is 9.78 Å². The van der Waals surface area contributed by atoms with E-state index in [2.05, 4.69) is 5.10 Å². The maximum Gasteiger partial charge on any atom is 0.189 e. The summed E-state index contributed by atoms with van der Waals surface area (Å²) in [5.74, 6) is 1.82. The number of rotatable bonds is 7. The van der Waals surface area contributed by atoms with Crippen LogP contribution >= 0.6 is 11.6 Å². The van der Waals surface area contributed by atoms with Crippen LogP contribution in [0.5, 0.6) is 5.75 Å². The summed E-state index contributed by atoms with van der Waals surface area (Å²) in [6.07, 6.45) is 4.90. The molecule has 0 aliphatic heterocycles. The third-order valence-electron chi connectivity index (χ3n) is 3.79. The summed E-state index contributed by atoms with van der Waals surface area (Å²) in [5.41, 5.74) is 1.32. The van der Waals surface area contributed by atoms with E-state index in [0.717, 1.165) is 12.2 Å². The number of aryl methyl sites for hydroxylation is 2. The lowest BCUT2D eigenvalue weighted by atomic mass is 10.1. The predicted molar refractivity (Wildman–Crippen MR) is 100 cm³/mol. The summed E-state index contributed by atoms with van der Waals surface area (Å²) in [4.78, 5) is 12.3. The second-order valence-electron chi connectivity index (χ2n) is 5.73. The van der Waals surface area contributed by atoms with Crippen LogP contribution in [0.1, 0.15) is 34.5 Å². The molecule has 0 fully saturated rings. The summed E-state index contributed by atoms with van der Waals surface area (Å²) in [6, 6.07) is 10.8. The van der Waals surface area contributed by atoms with Gasteiger partial charge < -0.3 is 9.15 Å². The standard InChI is InChI=1S/C20H19ClN2O3/c1-3-23-12-19(14(2)22-23)20(24)10-9-16-7-8-18(26-16)13-25-17-6-4-5-15(21)11-17/h4-12H,3,13H2,1-2H3/b10-9+. The summed E-state index contributed by atoms with van der Waals surface area (Å²) >= 11 is 5.92. The number of allylic oxidation sites excluding steroid dienone is 1. The van der Waals surface area contributed by atoms with Crippen molar-refractivity contribution >= 4 is 23.5 Å². The first-order valence-corrected chi connectivity index (χ1v) is 8.66. The largest absolute Gasteiger partial charge is 0.486 e. The first kappa shape index (κ1) is 18.0. The number of hydrogen-bond acceptors (Lipinski definition) is 4. The monoisotopic (exact) mass is 370 g/mol. The van der Waals surface area contributed by atoms with Gasteiger partial charge in [0.05, 0.1) is 11.3 Å². The van der Waals surface area contributed by atoms with Crippen molar-refractivity contribution in [2.24, 2.45) is 0 Å². The molecule has 0 radical (unpaired) electrons. The first-order valence-electron chi connectivity index (χ1n) is 8.28. The van der Waals surface area contributed by atoms with E-state index in [-0.39, 0.29) is 12.4 Å². The molecule has 0 spiro atoms. The highest BCUT2D eigenvalue weighted by Gasteiger charge is 2.10. The Labute approximate surface area is 156 Å². The fourth-order valence-electron chi connectivity index (χ4n) is 2.44. The molecule has 26 heavy (non-hydrogen) atoms. The average molecular weight is 371 g/mol. The van der Waals surface area contributed by atoms with Crippen LogP contribution in [-0.4, -0.2) is 15.6 Å². The van der Waals surface area contributed by atoms with E-state index in [9.17, 15) is 4.79 Å². The van der Waals surface area contributed by atoms with E-state index in [1.54, 1.807) is 35.2 Å². The van der Waals surface area contributed by atoms with Crippen LogP contribution in [0.4, 0.5) is 0 Å². The molecule has 0 aliphatic rings. The van der Waals surface area contributed by atoms with Gasteiger partial charge in [0.15, 0.2) is 5.78 Å². The molecule has 1 aromatic carbocycles. The van der Waals surface area contributed by atoms with Gasteiger partial charge in [0, 0.05) is 17.8 Å². The highest BCUT2D eigenvalue weighted by molar-refractivity contribution is 6.30. The molecule has 0 saturated heterocycles. The topological polar surface area (TPSA) is 57.3 Å². The number of carbonyl (C=O) groups excluding carboxylic acids is 1. The first-order chi connectivity index (χ1) is 12.5. The molecule has 0 amide bonds. The summed E-state index contributed by atoms with van der Waals surface area (Å²) in [5, 5.41) is 4.90. The number of benzene rings is 1. The molecule has 134 valence electrons. The number of nitrogens with zero attached hydrogens (tertiary/aromatic N) is 2. The van der Waals surface area contributed by atoms with E-state index in [1.165, 1.54) is 6.08 Å². The Balaban J connectivity index is 1.61. The lowest BCUT2D eigenvalue weighted by Crippen LogP contribution is -1.95. The SMILES string of the molecule is CCn1cc(C(=O)/C=C/c2ccc(COc3cccc(Cl)c3)o2)c(C)n1. The molecule has 0 unspecified atom stereocenters. The zero-order chi connectivity index (χ0) is 18.5. The molecule has 6 heteroatoms. The Morgan fingerprint density at radius 2 is 2.19 bits per heavy atom. The molecule has 3 rings (SSSR count). The molecule has 2 aromatic heterocycles. The zero-order valence-corrected chi connectivity index (χ0v) is 15.4. The normalized spacial score (nSPS) is 11.2. The molecule has 3 aromatic rings. The number of carbonyl (C=O) groups is 1. The molecular weight excluding hydrogens is 352 g/mol. The van der Waals surface area contributed by atoms with E-state index in [0.29, 0.717) is 27.9 Å². The van der Waals surface area contributed by atoms with Crippen LogP contribution in [0.15, 0.2) is 53.1 Å². The molecule has 0 atom stereocenters. The lowest BCUT2D eigenvalue weighted by Gasteiger charge is -2.03. The lowest BCUT2D eigenvalue weighted by molar-refractivity contribution is 0.104. The van der Waals surface area contributed by atoms with Crippen LogP contribution in [0.2, 0.25) is 5.02 Å². The second kappa shape index (κ2) is 8.06. The quantitative estimate of drug-likeness (QED) is 0.437. The molecule has 5 nitrogen and oxygen atoms in total. The third-order valence-corrected chi connectivity index (χ3v) is 4.03. The predicted octanol–water partition coefficient (Wildman–Crippen LogP) is 4.93. The molecule has 0 saturated carbocycles. The number of hydrogen-bond donors (Lipinski definition) is 0. The number of ether oxygens (including phenoxy) is 1. The van der Waals surface area contributed by atoms with Crippen LogP contribution in [0.3, 0.4) is 0 Å². The van der Waals surface area contributed by atoms with Gasteiger partial charge in [-0.2, -0.15) is 5.10 Å². The van der Waals surface area contributed by atoms with Gasteiger partial charge >= 0.3 is 0 Å². The number of aromatic nitrogens is 2. The maximum absolute atomic E-state index is 12.3. The number of furan rings is 1. The fourth-order valence-corrected chi connectivity index (χ4v) is 2.62. The van der Waals surface area contributed by atoms with Gasteiger partial charge in [-0.1, -0.05) is 17.7 Å². The highest BCUT2D eigenvalue weighted by Crippen LogP contribution is 2.19. The van der Waals surface area contributed by atoms with E-state index in [1.807, 2.05) is 32.0 Å². The minimum absolute atomic E-state index is 0.102. The third kappa shape index (κ3) is 4.43.